The molecular formula is C15H10N4O. The lowest BCUT2D eigenvalue weighted by Crippen LogP contribution is -2.12. The molecule has 0 saturated carbocycles. The summed E-state index contributed by atoms with van der Waals surface area (Å²) in [7, 11) is 0. The highest BCUT2D eigenvalue weighted by molar-refractivity contribution is 6.04. The maximum Gasteiger partial charge on any atom is 0.257 e. The van der Waals surface area contributed by atoms with E-state index in [9.17, 15) is 4.79 Å². The summed E-state index contributed by atoms with van der Waals surface area (Å²) in [5.74, 6) is -0.226. The zero-order valence-electron chi connectivity index (χ0n) is 10.4. The van der Waals surface area contributed by atoms with Crippen molar-refractivity contribution in [3.8, 4) is 6.07 Å². The second-order valence-electron chi connectivity index (χ2n) is 4.26. The zero-order valence-corrected chi connectivity index (χ0v) is 10.4. The Bertz CT molecular complexity index is 829. The summed E-state index contributed by atoms with van der Waals surface area (Å²) in [6.07, 6.45) is 5.17. The number of imidazole rings is 1. The number of amides is 1. The lowest BCUT2D eigenvalue weighted by molar-refractivity contribution is 0.102. The molecular weight excluding hydrogens is 252 g/mol. The number of nitrogens with one attached hydrogen (secondary N) is 1. The van der Waals surface area contributed by atoms with Crippen LogP contribution in [0.5, 0.6) is 0 Å². The molecule has 2 heterocycles. The molecule has 0 spiro atoms. The van der Waals surface area contributed by atoms with E-state index in [1.165, 1.54) is 0 Å². The Morgan fingerprint density at radius 3 is 3.05 bits per heavy atom. The van der Waals surface area contributed by atoms with Crippen molar-refractivity contribution in [3.63, 3.8) is 0 Å². The molecule has 0 saturated heterocycles. The molecule has 0 aliphatic carbocycles. The number of nitrogens with zero attached hydrogens (tertiary/aromatic N) is 3. The van der Waals surface area contributed by atoms with E-state index in [-0.39, 0.29) is 5.91 Å². The van der Waals surface area contributed by atoms with Crippen LogP contribution in [0, 0.1) is 11.3 Å². The first-order valence-electron chi connectivity index (χ1n) is 6.00. The molecule has 0 unspecified atom stereocenters. The van der Waals surface area contributed by atoms with Crippen molar-refractivity contribution in [1.29, 1.82) is 5.26 Å². The molecule has 96 valence electrons. The van der Waals surface area contributed by atoms with E-state index in [0.29, 0.717) is 16.8 Å². The topological polar surface area (TPSA) is 70.2 Å². The molecule has 1 aromatic carbocycles. The summed E-state index contributed by atoms with van der Waals surface area (Å²) >= 11 is 0. The van der Waals surface area contributed by atoms with Crippen LogP contribution in [0.15, 0.2) is 55.0 Å². The third-order valence-corrected chi connectivity index (χ3v) is 2.90. The van der Waals surface area contributed by atoms with Gasteiger partial charge in [0.15, 0.2) is 0 Å². The molecule has 3 rings (SSSR count). The van der Waals surface area contributed by atoms with E-state index in [1.54, 1.807) is 59.4 Å². The minimum Gasteiger partial charge on any atom is -0.322 e. The number of nitriles is 1. The molecule has 0 bridgehead atoms. The Morgan fingerprint density at radius 1 is 1.30 bits per heavy atom. The van der Waals surface area contributed by atoms with Gasteiger partial charge in [-0.3, -0.25) is 4.79 Å². The molecule has 3 aromatic rings. The fraction of sp³-hybridized carbons (Fsp3) is 0. The summed E-state index contributed by atoms with van der Waals surface area (Å²) < 4.78 is 1.78. The van der Waals surface area contributed by atoms with Gasteiger partial charge in [0.2, 0.25) is 0 Å². The number of benzene rings is 1. The fourth-order valence-electron chi connectivity index (χ4n) is 1.92. The predicted molar refractivity (Wildman–Crippen MR) is 74.3 cm³/mol. The average molecular weight is 262 g/mol. The van der Waals surface area contributed by atoms with Crippen LogP contribution in [0.4, 0.5) is 5.69 Å². The van der Waals surface area contributed by atoms with Gasteiger partial charge < -0.3 is 9.72 Å². The predicted octanol–water partition coefficient (Wildman–Crippen LogP) is 2.46. The molecule has 0 atom stereocenters. The van der Waals surface area contributed by atoms with Gasteiger partial charge in [-0.1, -0.05) is 6.07 Å². The lowest BCUT2D eigenvalue weighted by Gasteiger charge is -2.06. The smallest absolute Gasteiger partial charge is 0.257 e. The van der Waals surface area contributed by atoms with Crippen molar-refractivity contribution in [1.82, 2.24) is 9.38 Å². The fourth-order valence-corrected chi connectivity index (χ4v) is 1.92. The minimum atomic E-state index is -0.226. The van der Waals surface area contributed by atoms with E-state index in [4.69, 9.17) is 5.26 Å². The van der Waals surface area contributed by atoms with Gasteiger partial charge in [-0.25, -0.2) is 4.98 Å². The first kappa shape index (κ1) is 11.9. The summed E-state index contributed by atoms with van der Waals surface area (Å²) in [6, 6.07) is 12.3. The lowest BCUT2D eigenvalue weighted by atomic mass is 10.2. The number of pyridine rings is 1. The molecule has 0 radical (unpaired) electrons. The maximum absolute atomic E-state index is 12.2. The van der Waals surface area contributed by atoms with Gasteiger partial charge in [-0.2, -0.15) is 5.26 Å². The molecule has 0 fully saturated rings. The number of fused-ring (bicyclic) bond motifs is 1. The van der Waals surface area contributed by atoms with Crippen LogP contribution in [0.1, 0.15) is 15.9 Å². The van der Waals surface area contributed by atoms with E-state index in [0.717, 1.165) is 5.65 Å². The van der Waals surface area contributed by atoms with Crippen molar-refractivity contribution in [2.75, 3.05) is 5.32 Å². The van der Waals surface area contributed by atoms with Crippen LogP contribution in [-0.4, -0.2) is 15.3 Å². The third kappa shape index (κ3) is 2.22. The molecule has 0 aliphatic heterocycles. The summed E-state index contributed by atoms with van der Waals surface area (Å²) in [5, 5.41) is 11.6. The third-order valence-electron chi connectivity index (χ3n) is 2.90. The second-order valence-corrected chi connectivity index (χ2v) is 4.26. The van der Waals surface area contributed by atoms with Gasteiger partial charge >= 0.3 is 0 Å². The van der Waals surface area contributed by atoms with Crippen LogP contribution in [0.3, 0.4) is 0 Å². The SMILES string of the molecule is N#Cc1cccc(NC(=O)c2ccc3nccn3c2)c1. The monoisotopic (exact) mass is 262 g/mol. The van der Waals surface area contributed by atoms with Crippen molar-refractivity contribution in [2.45, 2.75) is 0 Å². The average Bonchev–Trinajstić information content (AvgIpc) is 2.94. The Morgan fingerprint density at radius 2 is 2.20 bits per heavy atom. The number of rotatable bonds is 2. The van der Waals surface area contributed by atoms with Crippen LogP contribution in [0.25, 0.3) is 5.65 Å². The summed E-state index contributed by atoms with van der Waals surface area (Å²) in [4.78, 5) is 16.3. The van der Waals surface area contributed by atoms with Gasteiger partial charge in [-0.15, -0.1) is 0 Å². The van der Waals surface area contributed by atoms with Crippen molar-refractivity contribution >= 4 is 17.2 Å². The minimum absolute atomic E-state index is 0.226. The van der Waals surface area contributed by atoms with Gasteiger partial charge in [0.05, 0.1) is 17.2 Å². The van der Waals surface area contributed by atoms with Gasteiger partial charge in [0, 0.05) is 24.3 Å². The highest BCUT2D eigenvalue weighted by Crippen LogP contribution is 2.12. The van der Waals surface area contributed by atoms with E-state index < -0.39 is 0 Å². The molecule has 2 aromatic heterocycles. The van der Waals surface area contributed by atoms with Crippen LogP contribution >= 0.6 is 0 Å². The van der Waals surface area contributed by atoms with Crippen LogP contribution in [0.2, 0.25) is 0 Å². The second kappa shape index (κ2) is 4.86. The van der Waals surface area contributed by atoms with Gasteiger partial charge in [-0.05, 0) is 30.3 Å². The van der Waals surface area contributed by atoms with E-state index in [2.05, 4.69) is 10.3 Å². The van der Waals surface area contributed by atoms with Gasteiger partial charge in [0.1, 0.15) is 5.65 Å². The Hall–Kier alpha value is -3.13. The Kier molecular flexibility index (Phi) is 2.90. The largest absolute Gasteiger partial charge is 0.322 e. The number of hydrogen-bond donors (Lipinski definition) is 1. The van der Waals surface area contributed by atoms with E-state index >= 15 is 0 Å². The molecule has 5 nitrogen and oxygen atoms in total. The highest BCUT2D eigenvalue weighted by atomic mass is 16.1. The number of carbonyl (C=O) groups is 1. The number of anilines is 1. The quantitative estimate of drug-likeness (QED) is 0.771. The number of aromatic nitrogens is 2. The molecule has 1 amide bonds. The number of hydrogen-bond acceptors (Lipinski definition) is 3. The standard InChI is InChI=1S/C15H10N4O/c16-9-11-2-1-3-13(8-11)18-15(20)12-4-5-14-17-6-7-19(14)10-12/h1-8,10H,(H,18,20). The van der Waals surface area contributed by atoms with Crippen molar-refractivity contribution < 1.29 is 4.79 Å². The van der Waals surface area contributed by atoms with Crippen LogP contribution in [-0.2, 0) is 0 Å². The maximum atomic E-state index is 12.2. The first-order chi connectivity index (χ1) is 9.76. The van der Waals surface area contributed by atoms with E-state index in [1.807, 2.05) is 6.07 Å². The van der Waals surface area contributed by atoms with Crippen molar-refractivity contribution in [3.05, 3.63) is 66.1 Å². The van der Waals surface area contributed by atoms with Crippen LogP contribution < -0.4 is 5.32 Å². The summed E-state index contributed by atoms with van der Waals surface area (Å²) in [6.45, 7) is 0. The van der Waals surface area contributed by atoms with Gasteiger partial charge in [0.25, 0.3) is 5.91 Å². The van der Waals surface area contributed by atoms with Crippen molar-refractivity contribution in [2.24, 2.45) is 0 Å². The summed E-state index contributed by atoms with van der Waals surface area (Å²) in [5.41, 5.74) is 2.42. The molecule has 0 aliphatic rings. The highest BCUT2D eigenvalue weighted by Gasteiger charge is 2.07. The zero-order chi connectivity index (χ0) is 13.9. The first-order valence-corrected chi connectivity index (χ1v) is 6.00. The molecule has 5 heteroatoms. The molecule has 20 heavy (non-hydrogen) atoms. The Balaban J connectivity index is 1.86. The number of carbonyl (C=O) groups excluding carboxylic acids is 1. The normalized spacial score (nSPS) is 10.2. The Labute approximate surface area is 115 Å². The molecule has 1 N–H and O–H groups in total.